The average molecular weight is 839 g/mol. The zero-order chi connectivity index (χ0) is 37.5. The van der Waals surface area contributed by atoms with E-state index in [-0.39, 0.29) is 41.1 Å². The van der Waals surface area contributed by atoms with Crippen molar-refractivity contribution in [2.45, 2.75) is 22.6 Å². The topological polar surface area (TPSA) is 151 Å². The molecule has 55 heavy (non-hydrogen) atoms. The Morgan fingerprint density at radius 2 is 1.33 bits per heavy atom. The van der Waals surface area contributed by atoms with Crippen LogP contribution in [0, 0.1) is 10.1 Å². The number of halogens is 1. The van der Waals surface area contributed by atoms with Crippen LogP contribution < -0.4 is 42.9 Å². The number of carbonyl (C=O) groups excluding carboxylic acids is 3. The van der Waals surface area contributed by atoms with E-state index < -0.39 is 63.9 Å². The molecule has 2 amide bonds. The minimum Gasteiger partial charge on any atom is -1.00 e. The number of rotatable bonds is 12. The van der Waals surface area contributed by atoms with Crippen LogP contribution >= 0.6 is 7.26 Å². The van der Waals surface area contributed by atoms with E-state index in [4.69, 9.17) is 9.47 Å². The van der Waals surface area contributed by atoms with E-state index in [9.17, 15) is 24.5 Å². The molecule has 5 aromatic rings. The Labute approximate surface area is 330 Å². The van der Waals surface area contributed by atoms with Crippen molar-refractivity contribution in [1.29, 1.82) is 0 Å². The number of benzene rings is 5. The summed E-state index contributed by atoms with van der Waals surface area (Å²) in [6.07, 6.45) is 0.414. The fraction of sp³-hybridized carbons (Fsp3) is 0.146. The number of para-hydroxylation sites is 1. The van der Waals surface area contributed by atoms with Crippen molar-refractivity contribution >= 4 is 57.8 Å². The van der Waals surface area contributed by atoms with Gasteiger partial charge in [-0.15, -0.1) is 0 Å². The lowest BCUT2D eigenvalue weighted by molar-refractivity contribution is -0.384. The summed E-state index contributed by atoms with van der Waals surface area (Å²) in [6, 6.07) is 44.6. The van der Waals surface area contributed by atoms with Crippen molar-refractivity contribution < 1.29 is 50.3 Å². The summed E-state index contributed by atoms with van der Waals surface area (Å²) < 4.78 is 26.8. The van der Waals surface area contributed by atoms with Gasteiger partial charge >= 0.3 is 5.97 Å². The second-order valence-electron chi connectivity index (χ2n) is 13.1. The second kappa shape index (κ2) is 15.4. The molecule has 3 aliphatic rings. The van der Waals surface area contributed by atoms with E-state index in [1.807, 2.05) is 54.6 Å². The Kier molecular flexibility index (Phi) is 10.6. The largest absolute Gasteiger partial charge is 1.00 e. The van der Waals surface area contributed by atoms with E-state index in [2.05, 4.69) is 41.7 Å². The molecular weight excluding hydrogens is 805 g/mol. The van der Waals surface area contributed by atoms with E-state index in [1.54, 1.807) is 42.5 Å². The molecule has 3 aliphatic heterocycles. The van der Waals surface area contributed by atoms with Gasteiger partial charge in [0.2, 0.25) is 11.3 Å². The molecule has 0 radical (unpaired) electrons. The van der Waals surface area contributed by atoms with Crippen LogP contribution in [0.4, 0.5) is 5.69 Å². The molecule has 2 fully saturated rings. The predicted octanol–water partition coefficient (Wildman–Crippen LogP) is 1.14. The number of β-lactam (4-membered cyclic amide) rings is 1. The number of nitro benzene ring substituents is 1. The van der Waals surface area contributed by atoms with Crippen LogP contribution in [0.5, 0.6) is 5.75 Å². The maximum absolute atomic E-state index is 15.1. The smallest absolute Gasteiger partial charge is 0.356 e. The molecule has 278 valence electrons. The number of non-ortho nitro benzene ring substituents is 1. The first-order valence-electron chi connectivity index (χ1n) is 17.2. The van der Waals surface area contributed by atoms with Gasteiger partial charge < -0.3 is 36.3 Å². The first-order chi connectivity index (χ1) is 26.2. The van der Waals surface area contributed by atoms with Crippen LogP contribution in [0.1, 0.15) is 5.56 Å². The highest BCUT2D eigenvalue weighted by molar-refractivity contribution is 7.96. The number of ether oxygens (including phenoxy) is 2. The summed E-state index contributed by atoms with van der Waals surface area (Å²) >= 11 is -1.98. The Hall–Kier alpha value is -5.33. The Bertz CT molecular complexity index is 2160. The highest BCUT2D eigenvalue weighted by atomic mass is 79.9. The van der Waals surface area contributed by atoms with Crippen LogP contribution in [0.25, 0.3) is 0 Å². The van der Waals surface area contributed by atoms with E-state index in [0.29, 0.717) is 16.9 Å². The minimum absolute atomic E-state index is 0. The van der Waals surface area contributed by atoms with Gasteiger partial charge in [0.1, 0.15) is 35.1 Å². The molecule has 0 aromatic heterocycles. The predicted molar refractivity (Wildman–Crippen MR) is 205 cm³/mol. The van der Waals surface area contributed by atoms with Gasteiger partial charge in [-0.3, -0.25) is 19.7 Å². The van der Waals surface area contributed by atoms with Gasteiger partial charge in [0, 0.05) is 18.6 Å². The van der Waals surface area contributed by atoms with Crippen LogP contribution in [0.15, 0.2) is 157 Å². The number of hydrogen-bond donors (Lipinski definition) is 1. The molecular formula is C41H33BrN3O8PS. The first-order valence-corrected chi connectivity index (χ1v) is 20.4. The number of hydrogen-bond acceptors (Lipinski definition) is 8. The van der Waals surface area contributed by atoms with Crippen LogP contribution in [0.3, 0.4) is 0 Å². The number of nitro groups is 1. The summed E-state index contributed by atoms with van der Waals surface area (Å²) in [7, 11) is -2.68. The fourth-order valence-corrected chi connectivity index (χ4v) is 14.1. The summed E-state index contributed by atoms with van der Waals surface area (Å²) in [4.78, 5) is 53.8. The molecule has 0 saturated carbocycles. The SMILES string of the molecule is O=C(COc1ccccc1)N[C@]12C(=O)OC3=C(C[P+](c4ccccc4)(c4ccccc4)c4ccccc4)C(Cc4ccc([N+](=O)[O-])cc4)[S@+]([O-])[C@H]1N3C2=O.[Br-]. The molecule has 3 heterocycles. The third-order valence-electron chi connectivity index (χ3n) is 10.1. The number of nitrogens with zero attached hydrogens (tertiary/aromatic N) is 2. The van der Waals surface area contributed by atoms with Crippen LogP contribution in [-0.4, -0.2) is 61.1 Å². The maximum Gasteiger partial charge on any atom is 0.356 e. The standard InChI is InChI=1S/C41H32N3O8PS.BrH/c45-36(26-51-30-13-5-1-6-14-30)42-41-38(46)43-37(52-40(41)47)34(35(54(50)39(41)43)25-28-21-23-29(24-22-28)44(48)49)27-53(31-15-7-2-8-16-31,32-17-9-3-10-18-32)33-19-11-4-12-20-33;/h1-24,35,39H,25-27H2;1H/t35?,39-,41+,54+;/m1./s1. The number of nitrogens with one attached hydrogen (secondary N) is 1. The average Bonchev–Trinajstić information content (AvgIpc) is 3.21. The van der Waals surface area contributed by atoms with Gasteiger partial charge in [-0.1, -0.05) is 84.9 Å². The highest BCUT2D eigenvalue weighted by Gasteiger charge is 2.81. The molecule has 11 nitrogen and oxygen atoms in total. The summed E-state index contributed by atoms with van der Waals surface area (Å²) in [5.41, 5.74) is -1.13. The number of carbonyl (C=O) groups is 3. The zero-order valence-corrected chi connectivity index (χ0v) is 32.3. The van der Waals surface area contributed by atoms with Crippen molar-refractivity contribution in [3.8, 4) is 5.75 Å². The number of amides is 2. The van der Waals surface area contributed by atoms with Crippen LogP contribution in [-0.2, 0) is 36.7 Å². The highest BCUT2D eigenvalue weighted by Crippen LogP contribution is 2.60. The quantitative estimate of drug-likeness (QED) is 0.0374. The molecule has 14 heteroatoms. The van der Waals surface area contributed by atoms with Gasteiger partial charge in [0.25, 0.3) is 23.0 Å². The Morgan fingerprint density at radius 3 is 1.82 bits per heavy atom. The van der Waals surface area contributed by atoms with Crippen molar-refractivity contribution in [3.63, 3.8) is 0 Å². The van der Waals surface area contributed by atoms with Crippen molar-refractivity contribution in [2.24, 2.45) is 0 Å². The number of esters is 1. The molecule has 4 bridgehead atoms. The van der Waals surface area contributed by atoms with Gasteiger partial charge in [0.15, 0.2) is 11.9 Å². The lowest BCUT2D eigenvalue weighted by Crippen LogP contribution is -3.00. The molecule has 1 N–H and O–H groups in total. The van der Waals surface area contributed by atoms with E-state index >= 15 is 4.55 Å². The molecule has 0 aliphatic carbocycles. The normalized spacial score (nSPS) is 21.1. The molecule has 8 rings (SSSR count). The van der Waals surface area contributed by atoms with Gasteiger partial charge in [-0.25, -0.2) is 9.69 Å². The second-order valence-corrected chi connectivity index (χ2v) is 18.3. The summed E-state index contributed by atoms with van der Waals surface area (Å²) in [5, 5.41) is 15.0. The van der Waals surface area contributed by atoms with Crippen LogP contribution in [0.2, 0.25) is 0 Å². The van der Waals surface area contributed by atoms with Gasteiger partial charge in [-0.05, 0) is 65.3 Å². The summed E-state index contributed by atoms with van der Waals surface area (Å²) in [5.74, 6) is -2.06. The third-order valence-corrected chi connectivity index (χ3v) is 16.4. The monoisotopic (exact) mass is 837 g/mol. The van der Waals surface area contributed by atoms with Crippen molar-refractivity contribution in [1.82, 2.24) is 10.2 Å². The Balaban J connectivity index is 0.00000465. The fourth-order valence-electron chi connectivity index (χ4n) is 7.52. The molecule has 2 saturated heterocycles. The lowest BCUT2D eigenvalue weighted by Gasteiger charge is -2.59. The van der Waals surface area contributed by atoms with Crippen molar-refractivity contribution in [2.75, 3.05) is 12.8 Å². The van der Waals surface area contributed by atoms with Gasteiger partial charge in [0.05, 0.1) is 10.5 Å². The Morgan fingerprint density at radius 1 is 0.818 bits per heavy atom. The van der Waals surface area contributed by atoms with Gasteiger partial charge in [-0.2, -0.15) is 0 Å². The first kappa shape index (κ1) is 38.0. The van der Waals surface area contributed by atoms with Crippen molar-refractivity contribution in [3.05, 3.63) is 173 Å². The van der Waals surface area contributed by atoms with E-state index in [0.717, 1.165) is 15.9 Å². The summed E-state index contributed by atoms with van der Waals surface area (Å²) in [6.45, 7) is -0.496. The molecule has 1 unspecified atom stereocenters. The molecule has 4 atom stereocenters. The minimum atomic E-state index is -2.68. The lowest BCUT2D eigenvalue weighted by atomic mass is 9.84. The maximum atomic E-state index is 15.1. The van der Waals surface area contributed by atoms with E-state index in [1.165, 1.54) is 17.0 Å². The molecule has 0 spiro atoms. The third kappa shape index (κ3) is 6.50. The molecule has 5 aromatic carbocycles. The zero-order valence-electron chi connectivity index (χ0n) is 29.0.